The fraction of sp³-hybridized carbons (Fsp3) is 0.435. The molecule has 2 fully saturated rings. The fourth-order valence-corrected chi connectivity index (χ4v) is 5.25. The quantitative estimate of drug-likeness (QED) is 0.765. The fourth-order valence-electron chi connectivity index (χ4n) is 4.47. The number of ether oxygens (including phenoxy) is 2. The Kier molecular flexibility index (Phi) is 5.38. The van der Waals surface area contributed by atoms with E-state index in [2.05, 4.69) is 41.3 Å². The van der Waals surface area contributed by atoms with Gasteiger partial charge in [-0.25, -0.2) is 0 Å². The van der Waals surface area contributed by atoms with Crippen molar-refractivity contribution in [1.29, 1.82) is 0 Å². The summed E-state index contributed by atoms with van der Waals surface area (Å²) in [7, 11) is 0. The number of benzene rings is 2. The van der Waals surface area contributed by atoms with Gasteiger partial charge in [-0.15, -0.1) is 0 Å². The summed E-state index contributed by atoms with van der Waals surface area (Å²) in [6.45, 7) is 4.07. The third kappa shape index (κ3) is 3.96. The Hall–Kier alpha value is -2.18. The van der Waals surface area contributed by atoms with Gasteiger partial charge in [0.2, 0.25) is 5.91 Å². The van der Waals surface area contributed by atoms with Crippen molar-refractivity contribution in [3.63, 3.8) is 0 Å². The number of likely N-dealkylation sites (tertiary alicyclic amines) is 1. The number of carbonyl (C=O) groups is 1. The highest BCUT2D eigenvalue weighted by molar-refractivity contribution is 8.00. The van der Waals surface area contributed by atoms with Crippen LogP contribution in [0.15, 0.2) is 42.5 Å². The lowest BCUT2D eigenvalue weighted by Gasteiger charge is -2.28. The monoisotopic (exact) mass is 410 g/mol. The molecule has 0 saturated carbocycles. The molecule has 6 heteroatoms. The van der Waals surface area contributed by atoms with Gasteiger partial charge < -0.3 is 14.4 Å². The molecule has 0 bridgehead atoms. The van der Waals surface area contributed by atoms with Gasteiger partial charge in [-0.2, -0.15) is 11.8 Å². The van der Waals surface area contributed by atoms with Crippen molar-refractivity contribution < 1.29 is 14.3 Å². The maximum atomic E-state index is 12.1. The zero-order chi connectivity index (χ0) is 19.6. The molecule has 29 heavy (non-hydrogen) atoms. The summed E-state index contributed by atoms with van der Waals surface area (Å²) in [5.74, 6) is 3.54. The molecule has 3 aliphatic heterocycles. The summed E-state index contributed by atoms with van der Waals surface area (Å²) in [5.41, 5.74) is 3.61. The van der Waals surface area contributed by atoms with Crippen molar-refractivity contribution in [2.75, 3.05) is 42.7 Å². The van der Waals surface area contributed by atoms with Crippen molar-refractivity contribution in [3.05, 3.63) is 53.6 Å². The molecule has 2 saturated heterocycles. The zero-order valence-corrected chi connectivity index (χ0v) is 17.3. The molecule has 3 heterocycles. The molecule has 0 unspecified atom stereocenters. The average molecular weight is 411 g/mol. The topological polar surface area (TPSA) is 42.0 Å². The van der Waals surface area contributed by atoms with Crippen LogP contribution in [0, 0.1) is 0 Å². The number of carbonyl (C=O) groups excluding carboxylic acids is 1. The Bertz CT molecular complexity index is 886. The van der Waals surface area contributed by atoms with E-state index in [1.807, 2.05) is 11.0 Å². The number of thioether (sulfide) groups is 1. The van der Waals surface area contributed by atoms with Crippen LogP contribution in [0.25, 0.3) is 0 Å². The summed E-state index contributed by atoms with van der Waals surface area (Å²) in [4.78, 5) is 16.6. The van der Waals surface area contributed by atoms with Gasteiger partial charge in [0, 0.05) is 30.6 Å². The van der Waals surface area contributed by atoms with E-state index in [0.29, 0.717) is 25.0 Å². The van der Waals surface area contributed by atoms with Gasteiger partial charge in [0.05, 0.1) is 5.75 Å². The molecule has 0 N–H and O–H groups in total. The minimum absolute atomic E-state index is 0.215. The number of rotatable bonds is 4. The smallest absolute Gasteiger partial charge is 0.237 e. The van der Waals surface area contributed by atoms with Gasteiger partial charge in [0.15, 0.2) is 11.5 Å². The van der Waals surface area contributed by atoms with E-state index in [-0.39, 0.29) is 5.91 Å². The number of amides is 1. The Balaban J connectivity index is 1.29. The van der Waals surface area contributed by atoms with Gasteiger partial charge in [-0.1, -0.05) is 18.2 Å². The largest absolute Gasteiger partial charge is 0.486 e. The summed E-state index contributed by atoms with van der Waals surface area (Å²) in [6, 6.07) is 15.3. The van der Waals surface area contributed by atoms with E-state index in [0.717, 1.165) is 49.0 Å². The second kappa shape index (κ2) is 8.28. The first kappa shape index (κ1) is 18.8. The Morgan fingerprint density at radius 3 is 2.66 bits per heavy atom. The van der Waals surface area contributed by atoms with Crippen LogP contribution in [-0.2, 0) is 11.3 Å². The second-order valence-electron chi connectivity index (χ2n) is 7.80. The number of nitrogens with zero attached hydrogens (tertiary/aromatic N) is 2. The van der Waals surface area contributed by atoms with E-state index >= 15 is 0 Å². The molecule has 0 spiro atoms. The van der Waals surface area contributed by atoms with Gasteiger partial charge in [0.1, 0.15) is 13.2 Å². The normalized spacial score (nSPS) is 22.1. The van der Waals surface area contributed by atoms with E-state index in [1.54, 1.807) is 11.8 Å². The molecule has 1 amide bonds. The molecule has 2 aromatic rings. The lowest BCUT2D eigenvalue weighted by atomic mass is 10.0. The van der Waals surface area contributed by atoms with E-state index in [9.17, 15) is 4.79 Å². The van der Waals surface area contributed by atoms with Crippen molar-refractivity contribution in [1.82, 2.24) is 4.90 Å². The third-order valence-corrected chi connectivity index (χ3v) is 6.86. The van der Waals surface area contributed by atoms with Crippen LogP contribution < -0.4 is 14.4 Å². The van der Waals surface area contributed by atoms with Crippen molar-refractivity contribution in [2.24, 2.45) is 0 Å². The van der Waals surface area contributed by atoms with Crippen LogP contribution in [0.3, 0.4) is 0 Å². The summed E-state index contributed by atoms with van der Waals surface area (Å²) in [5, 5.41) is 0. The van der Waals surface area contributed by atoms with Gasteiger partial charge in [-0.05, 0) is 54.8 Å². The molecule has 0 aromatic heterocycles. The first-order valence-corrected chi connectivity index (χ1v) is 11.5. The van der Waals surface area contributed by atoms with E-state index in [1.165, 1.54) is 17.5 Å². The Labute approximate surface area is 176 Å². The molecular formula is C23H26N2O3S. The lowest BCUT2D eigenvalue weighted by Crippen LogP contribution is -2.38. The van der Waals surface area contributed by atoms with E-state index in [4.69, 9.17) is 9.47 Å². The number of hydrogen-bond acceptors (Lipinski definition) is 5. The first-order valence-electron chi connectivity index (χ1n) is 10.4. The SMILES string of the molecule is O=C1CSCCN1c1ccc(CN2CCC[C@H]2c2ccc3c(c2)OCCO3)cc1. The molecule has 3 aliphatic rings. The standard InChI is InChI=1S/C23H26N2O3S/c26-23-16-29-13-10-25(23)19-6-3-17(4-7-19)15-24-9-1-2-20(24)18-5-8-21-22(14-18)28-12-11-27-21/h3-8,14,20H,1-2,9-13,15-16H2/t20-/m0/s1. The van der Waals surface area contributed by atoms with Gasteiger partial charge in [0.25, 0.3) is 0 Å². The molecule has 5 nitrogen and oxygen atoms in total. The number of fused-ring (bicyclic) bond motifs is 1. The van der Waals surface area contributed by atoms with Crippen LogP contribution in [0.1, 0.15) is 30.0 Å². The van der Waals surface area contributed by atoms with E-state index < -0.39 is 0 Å². The first-order chi connectivity index (χ1) is 14.3. The molecular weight excluding hydrogens is 384 g/mol. The summed E-state index contributed by atoms with van der Waals surface area (Å²) < 4.78 is 11.4. The third-order valence-electron chi connectivity index (χ3n) is 5.93. The summed E-state index contributed by atoms with van der Waals surface area (Å²) in [6.07, 6.45) is 2.37. The second-order valence-corrected chi connectivity index (χ2v) is 8.90. The molecule has 0 radical (unpaired) electrons. The predicted octanol–water partition coefficient (Wildman–Crippen LogP) is 3.87. The van der Waals surface area contributed by atoms with Crippen molar-refractivity contribution in [3.8, 4) is 11.5 Å². The highest BCUT2D eigenvalue weighted by Gasteiger charge is 2.27. The number of hydrogen-bond donors (Lipinski definition) is 0. The molecule has 2 aromatic carbocycles. The maximum Gasteiger partial charge on any atom is 0.237 e. The maximum absolute atomic E-state index is 12.1. The van der Waals surface area contributed by atoms with Crippen LogP contribution in [-0.4, -0.2) is 48.6 Å². The summed E-state index contributed by atoms with van der Waals surface area (Å²) >= 11 is 1.72. The van der Waals surface area contributed by atoms with Crippen LogP contribution in [0.2, 0.25) is 0 Å². The Morgan fingerprint density at radius 2 is 1.83 bits per heavy atom. The van der Waals surface area contributed by atoms with Crippen LogP contribution in [0.5, 0.6) is 11.5 Å². The zero-order valence-electron chi connectivity index (χ0n) is 16.5. The minimum Gasteiger partial charge on any atom is -0.486 e. The predicted molar refractivity (Wildman–Crippen MR) is 116 cm³/mol. The highest BCUT2D eigenvalue weighted by atomic mass is 32.2. The number of anilines is 1. The van der Waals surface area contributed by atoms with Crippen LogP contribution >= 0.6 is 11.8 Å². The molecule has 5 rings (SSSR count). The molecule has 0 aliphatic carbocycles. The van der Waals surface area contributed by atoms with Gasteiger partial charge >= 0.3 is 0 Å². The molecule has 1 atom stereocenters. The highest BCUT2D eigenvalue weighted by Crippen LogP contribution is 2.38. The van der Waals surface area contributed by atoms with Gasteiger partial charge in [-0.3, -0.25) is 9.69 Å². The van der Waals surface area contributed by atoms with Crippen molar-refractivity contribution in [2.45, 2.75) is 25.4 Å². The van der Waals surface area contributed by atoms with Crippen LogP contribution in [0.4, 0.5) is 5.69 Å². The Morgan fingerprint density at radius 1 is 1.00 bits per heavy atom. The molecule has 152 valence electrons. The minimum atomic E-state index is 0.215. The lowest BCUT2D eigenvalue weighted by molar-refractivity contribution is -0.116. The van der Waals surface area contributed by atoms with Crippen molar-refractivity contribution >= 4 is 23.4 Å². The average Bonchev–Trinajstić information content (AvgIpc) is 3.22.